The summed E-state index contributed by atoms with van der Waals surface area (Å²) in [7, 11) is 0. The maximum Gasteiger partial charge on any atom is 0.226 e. The molecule has 0 aromatic carbocycles. The van der Waals surface area contributed by atoms with Crippen LogP contribution in [-0.4, -0.2) is 22.6 Å². The van der Waals surface area contributed by atoms with Crippen LogP contribution in [0.25, 0.3) is 0 Å². The van der Waals surface area contributed by atoms with Gasteiger partial charge in [0.1, 0.15) is 0 Å². The minimum Gasteiger partial charge on any atom is -0.478 e. The fraction of sp³-hybridized carbons (Fsp3) is 0.733. The summed E-state index contributed by atoms with van der Waals surface area (Å²) < 4.78 is 5.60. The summed E-state index contributed by atoms with van der Waals surface area (Å²) in [5, 5.41) is 3.49. The number of aromatic nitrogens is 2. The van der Waals surface area contributed by atoms with E-state index in [2.05, 4.69) is 36.1 Å². The molecular weight excluding hydrogens is 238 g/mol. The second kappa shape index (κ2) is 5.76. The van der Waals surface area contributed by atoms with Crippen LogP contribution in [-0.2, 0) is 0 Å². The third-order valence-electron chi connectivity index (χ3n) is 3.85. The standard InChI is InChI=1S/C15H25N3O/c1-5-9-19-13-10-11(2)16-14(18-13)17-12-7-6-8-15(12,3)4/h10,12H,5-9H2,1-4H3,(H,16,17,18). The first-order chi connectivity index (χ1) is 9.01. The Morgan fingerprint density at radius 3 is 2.84 bits per heavy atom. The lowest BCUT2D eigenvalue weighted by Gasteiger charge is -2.27. The Morgan fingerprint density at radius 1 is 1.42 bits per heavy atom. The van der Waals surface area contributed by atoms with Gasteiger partial charge in [0.15, 0.2) is 0 Å². The Labute approximate surface area is 116 Å². The van der Waals surface area contributed by atoms with Gasteiger partial charge in [-0.05, 0) is 31.6 Å². The molecule has 0 aliphatic heterocycles. The van der Waals surface area contributed by atoms with E-state index in [0.717, 1.165) is 12.1 Å². The van der Waals surface area contributed by atoms with Gasteiger partial charge in [-0.15, -0.1) is 0 Å². The Kier molecular flexibility index (Phi) is 4.27. The van der Waals surface area contributed by atoms with Crippen LogP contribution in [0.1, 0.15) is 52.1 Å². The molecule has 4 heteroatoms. The van der Waals surface area contributed by atoms with Crippen LogP contribution in [0.15, 0.2) is 6.07 Å². The van der Waals surface area contributed by atoms with E-state index < -0.39 is 0 Å². The number of hydrogen-bond donors (Lipinski definition) is 1. The summed E-state index contributed by atoms with van der Waals surface area (Å²) in [5.74, 6) is 1.37. The van der Waals surface area contributed by atoms with Crippen molar-refractivity contribution < 1.29 is 4.74 Å². The number of aryl methyl sites for hydroxylation is 1. The smallest absolute Gasteiger partial charge is 0.226 e. The first kappa shape index (κ1) is 14.1. The van der Waals surface area contributed by atoms with Crippen molar-refractivity contribution >= 4 is 5.95 Å². The summed E-state index contributed by atoms with van der Waals surface area (Å²) in [6.07, 6.45) is 4.71. The van der Waals surface area contributed by atoms with Gasteiger partial charge < -0.3 is 10.1 Å². The normalized spacial score (nSPS) is 21.4. The molecule has 2 rings (SSSR count). The second-order valence-electron chi connectivity index (χ2n) is 6.10. The zero-order valence-electron chi connectivity index (χ0n) is 12.5. The third-order valence-corrected chi connectivity index (χ3v) is 3.85. The summed E-state index contributed by atoms with van der Waals surface area (Å²) in [4.78, 5) is 8.92. The zero-order valence-corrected chi connectivity index (χ0v) is 12.5. The molecule has 0 amide bonds. The number of ether oxygens (including phenoxy) is 1. The van der Waals surface area contributed by atoms with E-state index in [-0.39, 0.29) is 0 Å². The van der Waals surface area contributed by atoms with Crippen molar-refractivity contribution in [3.05, 3.63) is 11.8 Å². The highest BCUT2D eigenvalue weighted by Gasteiger charge is 2.34. The maximum absolute atomic E-state index is 5.60. The van der Waals surface area contributed by atoms with Gasteiger partial charge in [-0.25, -0.2) is 4.98 Å². The highest BCUT2D eigenvalue weighted by Crippen LogP contribution is 2.38. The summed E-state index contributed by atoms with van der Waals surface area (Å²) in [5.41, 5.74) is 1.26. The fourth-order valence-corrected chi connectivity index (χ4v) is 2.63. The molecule has 1 aromatic heterocycles. The average molecular weight is 263 g/mol. The molecule has 1 aromatic rings. The molecule has 0 spiro atoms. The average Bonchev–Trinajstić information content (AvgIpc) is 2.65. The minimum atomic E-state index is 0.317. The van der Waals surface area contributed by atoms with Crippen LogP contribution in [0.2, 0.25) is 0 Å². The molecule has 0 bridgehead atoms. The molecule has 1 fully saturated rings. The van der Waals surface area contributed by atoms with Gasteiger partial charge in [-0.3, -0.25) is 0 Å². The van der Waals surface area contributed by atoms with E-state index in [4.69, 9.17) is 4.74 Å². The van der Waals surface area contributed by atoms with Gasteiger partial charge in [-0.1, -0.05) is 27.2 Å². The lowest BCUT2D eigenvalue weighted by Crippen LogP contribution is -2.31. The largest absolute Gasteiger partial charge is 0.478 e. The number of nitrogens with one attached hydrogen (secondary N) is 1. The summed E-state index contributed by atoms with van der Waals surface area (Å²) >= 11 is 0. The number of anilines is 1. The summed E-state index contributed by atoms with van der Waals surface area (Å²) in [6.45, 7) is 9.38. The van der Waals surface area contributed by atoms with Crippen LogP contribution in [0.4, 0.5) is 5.95 Å². The minimum absolute atomic E-state index is 0.317. The maximum atomic E-state index is 5.60. The lowest BCUT2D eigenvalue weighted by atomic mass is 9.87. The van der Waals surface area contributed by atoms with Gasteiger partial charge >= 0.3 is 0 Å². The Bertz CT molecular complexity index is 431. The van der Waals surface area contributed by atoms with Crippen LogP contribution in [0.5, 0.6) is 5.88 Å². The topological polar surface area (TPSA) is 47.0 Å². The van der Waals surface area contributed by atoms with Crippen LogP contribution >= 0.6 is 0 Å². The highest BCUT2D eigenvalue weighted by atomic mass is 16.5. The predicted molar refractivity (Wildman–Crippen MR) is 77.6 cm³/mol. The van der Waals surface area contributed by atoms with E-state index in [9.17, 15) is 0 Å². The van der Waals surface area contributed by atoms with Crippen molar-refractivity contribution in [1.82, 2.24) is 9.97 Å². The molecule has 0 radical (unpaired) electrons. The molecule has 1 atom stereocenters. The molecule has 1 unspecified atom stereocenters. The number of rotatable bonds is 5. The van der Waals surface area contributed by atoms with Gasteiger partial charge in [0.25, 0.3) is 0 Å². The molecule has 1 aliphatic rings. The van der Waals surface area contributed by atoms with Gasteiger partial charge in [0, 0.05) is 17.8 Å². The Balaban J connectivity index is 2.09. The SMILES string of the molecule is CCCOc1cc(C)nc(NC2CCCC2(C)C)n1. The van der Waals surface area contributed by atoms with Gasteiger partial charge in [-0.2, -0.15) is 4.98 Å². The molecule has 1 N–H and O–H groups in total. The fourth-order valence-electron chi connectivity index (χ4n) is 2.63. The van der Waals surface area contributed by atoms with Crippen LogP contribution < -0.4 is 10.1 Å². The van der Waals surface area contributed by atoms with E-state index in [1.54, 1.807) is 0 Å². The summed E-state index contributed by atoms with van der Waals surface area (Å²) in [6, 6.07) is 2.34. The highest BCUT2D eigenvalue weighted by molar-refractivity contribution is 5.32. The molecule has 1 heterocycles. The van der Waals surface area contributed by atoms with Gasteiger partial charge in [0.2, 0.25) is 11.8 Å². The second-order valence-corrected chi connectivity index (χ2v) is 6.10. The monoisotopic (exact) mass is 263 g/mol. The van der Waals surface area contributed by atoms with E-state index in [1.165, 1.54) is 19.3 Å². The Morgan fingerprint density at radius 2 is 2.21 bits per heavy atom. The van der Waals surface area contributed by atoms with Crippen molar-refractivity contribution in [1.29, 1.82) is 0 Å². The lowest BCUT2D eigenvalue weighted by molar-refractivity contribution is 0.304. The molecular formula is C15H25N3O. The van der Waals surface area contributed by atoms with E-state index >= 15 is 0 Å². The molecule has 0 saturated heterocycles. The van der Waals surface area contributed by atoms with E-state index in [1.807, 2.05) is 13.0 Å². The van der Waals surface area contributed by atoms with Crippen molar-refractivity contribution in [2.45, 2.75) is 59.4 Å². The molecule has 19 heavy (non-hydrogen) atoms. The molecule has 106 valence electrons. The van der Waals surface area contributed by atoms with Gasteiger partial charge in [0.05, 0.1) is 6.61 Å². The van der Waals surface area contributed by atoms with Crippen molar-refractivity contribution in [3.8, 4) is 5.88 Å². The number of nitrogens with zero attached hydrogens (tertiary/aromatic N) is 2. The molecule has 4 nitrogen and oxygen atoms in total. The van der Waals surface area contributed by atoms with Crippen molar-refractivity contribution in [3.63, 3.8) is 0 Å². The number of hydrogen-bond acceptors (Lipinski definition) is 4. The molecule has 1 aliphatic carbocycles. The first-order valence-corrected chi connectivity index (χ1v) is 7.26. The Hall–Kier alpha value is -1.32. The first-order valence-electron chi connectivity index (χ1n) is 7.26. The van der Waals surface area contributed by atoms with Crippen LogP contribution in [0.3, 0.4) is 0 Å². The zero-order chi connectivity index (χ0) is 13.9. The van der Waals surface area contributed by atoms with E-state index in [0.29, 0.717) is 29.9 Å². The molecule has 1 saturated carbocycles. The third kappa shape index (κ3) is 3.58. The predicted octanol–water partition coefficient (Wildman–Crippen LogP) is 3.56. The van der Waals surface area contributed by atoms with Crippen molar-refractivity contribution in [2.24, 2.45) is 5.41 Å². The quantitative estimate of drug-likeness (QED) is 0.882. The van der Waals surface area contributed by atoms with Crippen LogP contribution in [0, 0.1) is 12.3 Å². The van der Waals surface area contributed by atoms with Crippen molar-refractivity contribution in [2.75, 3.05) is 11.9 Å².